The predicted molar refractivity (Wildman–Crippen MR) is 84.0 cm³/mol. The maximum absolute atomic E-state index is 12.0. The summed E-state index contributed by atoms with van der Waals surface area (Å²) in [5.41, 5.74) is -0.146. The lowest BCUT2D eigenvalue weighted by molar-refractivity contribution is -0.212. The van der Waals surface area contributed by atoms with E-state index < -0.39 is 35.2 Å². The number of rotatable bonds is 4. The van der Waals surface area contributed by atoms with Gasteiger partial charge in [0.25, 0.3) is 0 Å². The van der Waals surface area contributed by atoms with Crippen molar-refractivity contribution in [1.29, 1.82) is 0 Å². The van der Waals surface area contributed by atoms with E-state index >= 15 is 0 Å². The Kier molecular flexibility index (Phi) is 3.35. The van der Waals surface area contributed by atoms with Gasteiger partial charge < -0.3 is 14.2 Å². The van der Waals surface area contributed by atoms with E-state index in [-0.39, 0.29) is 12.5 Å². The summed E-state index contributed by atoms with van der Waals surface area (Å²) in [5.74, 6) is -1.81. The predicted octanol–water partition coefficient (Wildman–Crippen LogP) is 0.930. The number of carbonyl (C=O) groups excluding carboxylic acids is 3. The Bertz CT molecular complexity index is 798. The molecule has 1 saturated heterocycles. The smallest absolute Gasteiger partial charge is 0.334 e. The first-order valence-electron chi connectivity index (χ1n) is 7.99. The molecule has 2 fully saturated rings. The molecule has 7 nitrogen and oxygen atoms in total. The summed E-state index contributed by atoms with van der Waals surface area (Å²) in [6.07, 6.45) is 1.27. The minimum Gasteiger partial charge on any atom is -0.497 e. The highest BCUT2D eigenvalue weighted by Gasteiger charge is 2.73. The van der Waals surface area contributed by atoms with E-state index in [1.165, 1.54) is 6.08 Å². The summed E-state index contributed by atoms with van der Waals surface area (Å²) in [6.45, 7) is 1.92. The molecule has 2 aliphatic heterocycles. The maximum Gasteiger partial charge on any atom is 0.334 e. The molecule has 1 saturated carbocycles. The summed E-state index contributed by atoms with van der Waals surface area (Å²) in [5, 5.41) is 2.32. The van der Waals surface area contributed by atoms with Gasteiger partial charge in [-0.05, 0) is 24.6 Å². The highest BCUT2D eigenvalue weighted by Crippen LogP contribution is 2.58. The molecule has 1 aromatic rings. The highest BCUT2D eigenvalue weighted by molar-refractivity contribution is 6.08. The summed E-state index contributed by atoms with van der Waals surface area (Å²) in [6, 6.07) is 7.34. The quantitative estimate of drug-likeness (QED) is 0.646. The van der Waals surface area contributed by atoms with Gasteiger partial charge in [0.05, 0.1) is 30.9 Å². The van der Waals surface area contributed by atoms with Crippen LogP contribution in [0, 0.1) is 17.8 Å². The molecule has 1 aliphatic carbocycles. The van der Waals surface area contributed by atoms with Crippen LogP contribution in [0.15, 0.2) is 36.1 Å². The van der Waals surface area contributed by atoms with Crippen LogP contribution in [-0.2, 0) is 30.5 Å². The van der Waals surface area contributed by atoms with Crippen LogP contribution in [0.5, 0.6) is 5.75 Å². The zero-order chi connectivity index (χ0) is 17.8. The van der Waals surface area contributed by atoms with Crippen LogP contribution in [0.2, 0.25) is 0 Å². The average molecular weight is 343 g/mol. The molecule has 0 bridgehead atoms. The summed E-state index contributed by atoms with van der Waals surface area (Å²) in [7, 11) is 1.59. The van der Waals surface area contributed by atoms with E-state index in [1.807, 2.05) is 24.3 Å². The Morgan fingerprint density at radius 3 is 2.52 bits per heavy atom. The number of ether oxygens (including phenoxy) is 3. The number of methoxy groups -OCH3 is 1. The first-order chi connectivity index (χ1) is 11.9. The van der Waals surface area contributed by atoms with E-state index in [9.17, 15) is 14.4 Å². The molecular weight excluding hydrogens is 326 g/mol. The normalized spacial score (nSPS) is 32.6. The van der Waals surface area contributed by atoms with Crippen molar-refractivity contribution in [3.8, 4) is 5.75 Å². The summed E-state index contributed by atoms with van der Waals surface area (Å²) >= 11 is 0. The third kappa shape index (κ3) is 2.22. The van der Waals surface area contributed by atoms with Crippen molar-refractivity contribution in [2.24, 2.45) is 17.8 Å². The van der Waals surface area contributed by atoms with Crippen molar-refractivity contribution in [1.82, 2.24) is 5.32 Å². The number of amides is 2. The van der Waals surface area contributed by atoms with Gasteiger partial charge in [-0.15, -0.1) is 0 Å². The molecular formula is C18H17NO6. The topological polar surface area (TPSA) is 90.9 Å². The molecule has 0 radical (unpaired) electrons. The van der Waals surface area contributed by atoms with Crippen molar-refractivity contribution in [2.75, 3.05) is 7.11 Å². The van der Waals surface area contributed by atoms with Crippen LogP contribution < -0.4 is 10.1 Å². The number of fused-ring (bicyclic) bond motifs is 4. The zero-order valence-electron chi connectivity index (χ0n) is 13.8. The number of nitrogens with one attached hydrogen (secondary N) is 1. The molecule has 25 heavy (non-hydrogen) atoms. The van der Waals surface area contributed by atoms with Crippen LogP contribution in [0.4, 0.5) is 0 Å². The standard InChI is InChI=1S/C18H17NO6/c1-18-14(13-15(18)17(22)19-16(13)21)11(7-12(20)25-18)24-8-9-3-5-10(23-2)6-4-9/h3-7,13-15H,8H2,1-2H3,(H,19,21,22)/t13-,14+,15+,18+/m1/s1. The minimum atomic E-state index is -1.04. The molecule has 0 aromatic heterocycles. The van der Waals surface area contributed by atoms with Crippen LogP contribution in [-0.4, -0.2) is 30.5 Å². The molecule has 0 unspecified atom stereocenters. The van der Waals surface area contributed by atoms with Crippen molar-refractivity contribution >= 4 is 17.8 Å². The Balaban J connectivity index is 1.55. The second-order valence-corrected chi connectivity index (χ2v) is 6.62. The van der Waals surface area contributed by atoms with Gasteiger partial charge in [-0.3, -0.25) is 14.9 Å². The van der Waals surface area contributed by atoms with Gasteiger partial charge >= 0.3 is 5.97 Å². The Morgan fingerprint density at radius 2 is 1.84 bits per heavy atom. The highest BCUT2D eigenvalue weighted by atomic mass is 16.6. The van der Waals surface area contributed by atoms with E-state index in [1.54, 1.807) is 14.0 Å². The van der Waals surface area contributed by atoms with Crippen LogP contribution >= 0.6 is 0 Å². The number of carbonyl (C=O) groups is 3. The molecule has 130 valence electrons. The second kappa shape index (κ2) is 5.34. The molecule has 1 aromatic carbocycles. The van der Waals surface area contributed by atoms with Crippen LogP contribution in [0.25, 0.3) is 0 Å². The Labute approximate surface area is 143 Å². The van der Waals surface area contributed by atoms with Crippen LogP contribution in [0.1, 0.15) is 12.5 Å². The number of hydrogen-bond donors (Lipinski definition) is 1. The van der Waals surface area contributed by atoms with Crippen molar-refractivity contribution in [3.05, 3.63) is 41.7 Å². The van der Waals surface area contributed by atoms with Gasteiger partial charge in [-0.2, -0.15) is 0 Å². The van der Waals surface area contributed by atoms with Gasteiger partial charge in [0.15, 0.2) is 0 Å². The largest absolute Gasteiger partial charge is 0.497 e. The third-order valence-corrected chi connectivity index (χ3v) is 5.24. The molecule has 4 rings (SSSR count). The lowest BCUT2D eigenvalue weighted by Crippen LogP contribution is -2.66. The lowest BCUT2D eigenvalue weighted by Gasteiger charge is -2.54. The fourth-order valence-corrected chi connectivity index (χ4v) is 4.05. The fraction of sp³-hybridized carbons (Fsp3) is 0.389. The zero-order valence-corrected chi connectivity index (χ0v) is 13.8. The third-order valence-electron chi connectivity index (χ3n) is 5.24. The van der Waals surface area contributed by atoms with Gasteiger partial charge in [0.1, 0.15) is 23.7 Å². The molecule has 0 spiro atoms. The number of imide groups is 1. The SMILES string of the molecule is COc1ccc(COC2=CC(=O)O[C@]3(C)[C@@H]4C(=O)NC(=O)[C@@H]4[C@H]23)cc1. The summed E-state index contributed by atoms with van der Waals surface area (Å²) in [4.78, 5) is 35.9. The number of esters is 1. The Hall–Kier alpha value is -2.83. The van der Waals surface area contributed by atoms with E-state index in [2.05, 4.69) is 5.32 Å². The minimum absolute atomic E-state index is 0.239. The van der Waals surface area contributed by atoms with Gasteiger partial charge in [-0.1, -0.05) is 12.1 Å². The maximum atomic E-state index is 12.0. The van der Waals surface area contributed by atoms with Crippen LogP contribution in [0.3, 0.4) is 0 Å². The van der Waals surface area contributed by atoms with Gasteiger partial charge in [-0.25, -0.2) is 4.79 Å². The molecule has 7 heteroatoms. The summed E-state index contributed by atoms with van der Waals surface area (Å²) < 4.78 is 16.3. The van der Waals surface area contributed by atoms with E-state index in [0.717, 1.165) is 11.3 Å². The molecule has 1 N–H and O–H groups in total. The van der Waals surface area contributed by atoms with Crippen molar-refractivity contribution in [3.63, 3.8) is 0 Å². The molecule has 2 amide bonds. The lowest BCUT2D eigenvalue weighted by atomic mass is 9.53. The second-order valence-electron chi connectivity index (χ2n) is 6.62. The number of benzene rings is 1. The average Bonchev–Trinajstić information content (AvgIpc) is 2.83. The van der Waals surface area contributed by atoms with Gasteiger partial charge in [0.2, 0.25) is 11.8 Å². The fourth-order valence-electron chi connectivity index (χ4n) is 4.05. The monoisotopic (exact) mass is 343 g/mol. The van der Waals surface area contributed by atoms with Crippen molar-refractivity contribution < 1.29 is 28.6 Å². The first kappa shape index (κ1) is 15.7. The van der Waals surface area contributed by atoms with Gasteiger partial charge in [0, 0.05) is 0 Å². The molecule has 3 aliphatic rings. The number of hydrogen-bond acceptors (Lipinski definition) is 6. The Morgan fingerprint density at radius 1 is 1.12 bits per heavy atom. The molecule has 4 atom stereocenters. The first-order valence-corrected chi connectivity index (χ1v) is 7.99. The van der Waals surface area contributed by atoms with E-state index in [4.69, 9.17) is 14.2 Å². The molecule has 2 heterocycles. The van der Waals surface area contributed by atoms with Crippen molar-refractivity contribution in [2.45, 2.75) is 19.1 Å². The van der Waals surface area contributed by atoms with E-state index in [0.29, 0.717) is 5.76 Å².